The standard InChI is InChI=1S/C27H19NO.C2H6/c1-27(2)19-10-4-3-8-16(19)17-14-15-21-24(25(17)27)18-9-7-13-23-26(18)28(21)20-11-5-6-12-22(20)29-23;1-2/h3-15H,1-2H3;1-2H3. The summed E-state index contributed by atoms with van der Waals surface area (Å²) < 4.78 is 8.68. The number of hydrogen-bond donors (Lipinski definition) is 0. The van der Waals surface area contributed by atoms with Gasteiger partial charge in [0.15, 0.2) is 11.5 Å². The number of benzene rings is 4. The largest absolute Gasteiger partial charge is 0.453 e. The van der Waals surface area contributed by atoms with Crippen molar-refractivity contribution in [1.29, 1.82) is 0 Å². The lowest BCUT2D eigenvalue weighted by atomic mass is 9.80. The van der Waals surface area contributed by atoms with Gasteiger partial charge in [-0.15, -0.1) is 0 Å². The monoisotopic (exact) mass is 403 g/mol. The number of ether oxygens (including phenoxy) is 1. The highest BCUT2D eigenvalue weighted by Gasteiger charge is 2.38. The summed E-state index contributed by atoms with van der Waals surface area (Å²) in [5.74, 6) is 1.84. The lowest BCUT2D eigenvalue weighted by Crippen LogP contribution is -2.15. The molecule has 31 heavy (non-hydrogen) atoms. The van der Waals surface area contributed by atoms with E-state index in [9.17, 15) is 0 Å². The summed E-state index contributed by atoms with van der Waals surface area (Å²) in [5, 5.41) is 2.62. The van der Waals surface area contributed by atoms with E-state index < -0.39 is 0 Å². The molecule has 2 heterocycles. The molecule has 0 spiro atoms. The summed E-state index contributed by atoms with van der Waals surface area (Å²) in [4.78, 5) is 0. The van der Waals surface area contributed by atoms with E-state index in [-0.39, 0.29) is 5.41 Å². The molecule has 0 N–H and O–H groups in total. The van der Waals surface area contributed by atoms with Gasteiger partial charge in [-0.1, -0.05) is 82.3 Å². The Balaban J connectivity index is 0.000000902. The first kappa shape index (κ1) is 18.3. The Hall–Kier alpha value is -3.52. The fraction of sp³-hybridized carbons (Fsp3) is 0.172. The van der Waals surface area contributed by atoms with Gasteiger partial charge in [0, 0.05) is 16.2 Å². The Morgan fingerprint density at radius 2 is 1.45 bits per heavy atom. The maximum absolute atomic E-state index is 6.29. The van der Waals surface area contributed by atoms with Gasteiger partial charge in [0.05, 0.1) is 16.7 Å². The van der Waals surface area contributed by atoms with Gasteiger partial charge in [0.1, 0.15) is 0 Å². The zero-order valence-electron chi connectivity index (χ0n) is 18.4. The van der Waals surface area contributed by atoms with Crippen molar-refractivity contribution < 1.29 is 4.74 Å². The van der Waals surface area contributed by atoms with Gasteiger partial charge in [0.2, 0.25) is 0 Å². The molecule has 2 nitrogen and oxygen atoms in total. The van der Waals surface area contributed by atoms with Gasteiger partial charge >= 0.3 is 0 Å². The van der Waals surface area contributed by atoms with Gasteiger partial charge < -0.3 is 9.30 Å². The average Bonchev–Trinajstić information content (AvgIpc) is 3.27. The smallest absolute Gasteiger partial charge is 0.152 e. The van der Waals surface area contributed by atoms with Gasteiger partial charge in [0.25, 0.3) is 0 Å². The van der Waals surface area contributed by atoms with Crippen LogP contribution < -0.4 is 4.74 Å². The van der Waals surface area contributed by atoms with Gasteiger partial charge in [-0.05, 0) is 46.5 Å². The lowest BCUT2D eigenvalue weighted by molar-refractivity contribution is 0.476. The van der Waals surface area contributed by atoms with Crippen molar-refractivity contribution in [2.75, 3.05) is 0 Å². The molecular formula is C29H25NO. The molecule has 2 heteroatoms. The summed E-state index contributed by atoms with van der Waals surface area (Å²) >= 11 is 0. The van der Waals surface area contributed by atoms with Crippen LogP contribution in [0.3, 0.4) is 0 Å². The topological polar surface area (TPSA) is 14.2 Å². The van der Waals surface area contributed by atoms with E-state index in [0.29, 0.717) is 0 Å². The molecule has 0 atom stereocenters. The predicted molar refractivity (Wildman–Crippen MR) is 130 cm³/mol. The van der Waals surface area contributed by atoms with Crippen LogP contribution in [0.15, 0.2) is 78.9 Å². The molecule has 2 aliphatic rings. The van der Waals surface area contributed by atoms with Crippen molar-refractivity contribution in [1.82, 2.24) is 4.57 Å². The SMILES string of the molecule is CC.CC1(C)c2ccccc2-c2ccc3c(c21)c1cccc2c1n3-c1ccccc1O2. The van der Waals surface area contributed by atoms with Crippen molar-refractivity contribution in [3.8, 4) is 28.3 Å². The van der Waals surface area contributed by atoms with Crippen LogP contribution in [0.2, 0.25) is 0 Å². The number of nitrogens with zero attached hydrogens (tertiary/aromatic N) is 1. The van der Waals surface area contributed by atoms with Crippen molar-refractivity contribution >= 4 is 21.8 Å². The maximum atomic E-state index is 6.29. The minimum Gasteiger partial charge on any atom is -0.453 e. The first-order valence-corrected chi connectivity index (χ1v) is 11.1. The molecule has 5 aromatic rings. The minimum absolute atomic E-state index is 0.0466. The fourth-order valence-corrected chi connectivity index (χ4v) is 5.58. The lowest BCUT2D eigenvalue weighted by Gasteiger charge is -2.22. The molecule has 1 aromatic heterocycles. The van der Waals surface area contributed by atoms with E-state index in [4.69, 9.17) is 4.74 Å². The molecule has 1 aliphatic heterocycles. The fourth-order valence-electron chi connectivity index (χ4n) is 5.58. The van der Waals surface area contributed by atoms with Crippen molar-refractivity contribution in [2.24, 2.45) is 0 Å². The summed E-state index contributed by atoms with van der Waals surface area (Å²) in [7, 11) is 0. The van der Waals surface area contributed by atoms with E-state index in [1.165, 1.54) is 44.1 Å². The Bertz CT molecular complexity index is 1500. The third kappa shape index (κ3) is 2.17. The summed E-state index contributed by atoms with van der Waals surface area (Å²) in [5.41, 5.74) is 9.04. The Kier molecular flexibility index (Phi) is 3.68. The maximum Gasteiger partial charge on any atom is 0.152 e. The van der Waals surface area contributed by atoms with Gasteiger partial charge in [-0.2, -0.15) is 0 Å². The third-order valence-corrected chi connectivity index (χ3v) is 6.76. The molecule has 4 aromatic carbocycles. The molecule has 0 unspecified atom stereocenters. The van der Waals surface area contributed by atoms with Crippen LogP contribution >= 0.6 is 0 Å². The minimum atomic E-state index is -0.0466. The number of para-hydroxylation sites is 3. The van der Waals surface area contributed by atoms with E-state index in [0.717, 1.165) is 17.2 Å². The zero-order valence-corrected chi connectivity index (χ0v) is 18.4. The van der Waals surface area contributed by atoms with E-state index in [1.807, 2.05) is 19.9 Å². The number of rotatable bonds is 0. The van der Waals surface area contributed by atoms with Crippen LogP contribution in [-0.4, -0.2) is 4.57 Å². The highest BCUT2D eigenvalue weighted by atomic mass is 16.5. The molecule has 0 saturated carbocycles. The molecule has 0 radical (unpaired) electrons. The second-order valence-electron chi connectivity index (χ2n) is 8.61. The Morgan fingerprint density at radius 1 is 0.710 bits per heavy atom. The van der Waals surface area contributed by atoms with Crippen LogP contribution in [0.25, 0.3) is 38.6 Å². The zero-order chi connectivity index (χ0) is 21.3. The summed E-state index contributed by atoms with van der Waals surface area (Å²) in [6.07, 6.45) is 0. The quantitative estimate of drug-likeness (QED) is 0.249. The van der Waals surface area contributed by atoms with Crippen LogP contribution in [-0.2, 0) is 5.41 Å². The molecule has 1 aliphatic carbocycles. The molecular weight excluding hydrogens is 378 g/mol. The third-order valence-electron chi connectivity index (χ3n) is 6.76. The van der Waals surface area contributed by atoms with Crippen LogP contribution in [0.5, 0.6) is 11.5 Å². The van der Waals surface area contributed by atoms with E-state index in [2.05, 4.69) is 91.2 Å². The van der Waals surface area contributed by atoms with Gasteiger partial charge in [-0.25, -0.2) is 0 Å². The van der Waals surface area contributed by atoms with E-state index in [1.54, 1.807) is 0 Å². The number of hydrogen-bond acceptors (Lipinski definition) is 1. The molecule has 0 bridgehead atoms. The van der Waals surface area contributed by atoms with Crippen LogP contribution in [0.1, 0.15) is 38.8 Å². The van der Waals surface area contributed by atoms with Crippen molar-refractivity contribution in [3.05, 3.63) is 90.0 Å². The summed E-state index contributed by atoms with van der Waals surface area (Å²) in [6.45, 7) is 8.71. The Labute approximate surface area is 182 Å². The average molecular weight is 404 g/mol. The van der Waals surface area contributed by atoms with Gasteiger partial charge in [-0.3, -0.25) is 0 Å². The normalized spacial score (nSPS) is 14.3. The highest BCUT2D eigenvalue weighted by Crippen LogP contribution is 2.54. The van der Waals surface area contributed by atoms with E-state index >= 15 is 0 Å². The second kappa shape index (κ2) is 6.24. The first-order valence-electron chi connectivity index (χ1n) is 11.1. The molecule has 0 amide bonds. The van der Waals surface area contributed by atoms with Crippen molar-refractivity contribution in [3.63, 3.8) is 0 Å². The predicted octanol–water partition coefficient (Wildman–Crippen LogP) is 8.22. The Morgan fingerprint density at radius 3 is 2.32 bits per heavy atom. The first-order chi connectivity index (χ1) is 15.2. The molecule has 0 saturated heterocycles. The number of aromatic nitrogens is 1. The van der Waals surface area contributed by atoms with Crippen molar-refractivity contribution in [2.45, 2.75) is 33.1 Å². The van der Waals surface area contributed by atoms with Crippen LogP contribution in [0.4, 0.5) is 0 Å². The molecule has 7 rings (SSSR count). The number of fused-ring (bicyclic) bond motifs is 9. The van der Waals surface area contributed by atoms with Crippen LogP contribution in [0, 0.1) is 0 Å². The molecule has 0 fully saturated rings. The second-order valence-corrected chi connectivity index (χ2v) is 8.61. The summed E-state index contributed by atoms with van der Waals surface area (Å²) in [6, 6.07) is 28.2. The highest BCUT2D eigenvalue weighted by molar-refractivity contribution is 6.16. The molecule has 152 valence electrons.